The first kappa shape index (κ1) is 59.1. The van der Waals surface area contributed by atoms with Gasteiger partial charge in [0.05, 0.1) is 25.2 Å². The highest BCUT2D eigenvalue weighted by Gasteiger charge is 2.40. The molecule has 1 fully saturated rings. The molecule has 1 saturated heterocycles. The van der Waals surface area contributed by atoms with E-state index >= 15 is 0 Å². The van der Waals surface area contributed by atoms with Crippen LogP contribution in [0, 0.1) is 5.92 Å². The second kappa shape index (κ2) is 29.7. The predicted molar refractivity (Wildman–Crippen MR) is 245 cm³/mol. The summed E-state index contributed by atoms with van der Waals surface area (Å²) in [4.78, 5) is 143. The molecule has 1 rings (SSSR count). The zero-order chi connectivity index (χ0) is 50.4. The van der Waals surface area contributed by atoms with Crippen molar-refractivity contribution in [1.29, 1.82) is 0 Å². The van der Waals surface area contributed by atoms with E-state index < -0.39 is 139 Å². The minimum absolute atomic E-state index is 0.0168. The Bertz CT molecular complexity index is 1750. The number of hydrogen-bond donors (Lipinski definition) is 15. The van der Waals surface area contributed by atoms with Crippen LogP contribution in [0.15, 0.2) is 0 Å². The Kier molecular flexibility index (Phi) is 26.6. The van der Waals surface area contributed by atoms with Gasteiger partial charge in [0.25, 0.3) is 0 Å². The van der Waals surface area contributed by atoms with E-state index in [1.807, 2.05) is 0 Å². The highest BCUT2D eigenvalue weighted by molar-refractivity contribution is 7.98. The molecule has 374 valence electrons. The van der Waals surface area contributed by atoms with Crippen molar-refractivity contribution in [3.05, 3.63) is 0 Å². The predicted octanol–water partition coefficient (Wildman–Crippen LogP) is -6.04. The van der Waals surface area contributed by atoms with Crippen LogP contribution in [0.3, 0.4) is 0 Å². The van der Waals surface area contributed by atoms with Crippen molar-refractivity contribution >= 4 is 102 Å². The highest BCUT2D eigenvalue weighted by Crippen LogP contribution is 2.21. The van der Waals surface area contributed by atoms with Gasteiger partial charge in [0.15, 0.2) is 0 Å². The van der Waals surface area contributed by atoms with Crippen molar-refractivity contribution in [1.82, 2.24) is 42.1 Å². The van der Waals surface area contributed by atoms with Gasteiger partial charge >= 0.3 is 5.97 Å². The number of carboxylic acid groups (broad SMARTS) is 1. The van der Waals surface area contributed by atoms with Gasteiger partial charge in [-0.1, -0.05) is 13.8 Å². The zero-order valence-corrected chi connectivity index (χ0v) is 39.8. The largest absolute Gasteiger partial charge is 0.480 e. The number of carbonyl (C=O) groups is 11. The second-order valence-electron chi connectivity index (χ2n) is 15.9. The van der Waals surface area contributed by atoms with Crippen LogP contribution in [0.2, 0.25) is 0 Å². The summed E-state index contributed by atoms with van der Waals surface area (Å²) in [6.45, 7) is 3.54. The van der Waals surface area contributed by atoms with E-state index in [-0.39, 0.29) is 56.1 Å². The van der Waals surface area contributed by atoms with Crippen molar-refractivity contribution in [2.45, 2.75) is 126 Å². The van der Waals surface area contributed by atoms with Gasteiger partial charge < -0.3 is 74.6 Å². The number of carbonyl (C=O) groups excluding carboxylic acids is 10. The molecule has 66 heavy (non-hydrogen) atoms. The molecule has 0 aliphatic carbocycles. The second-order valence-corrected chi connectivity index (χ2v) is 17.6. The summed E-state index contributed by atoms with van der Waals surface area (Å²) in [5, 5.41) is 46.1. The quantitative estimate of drug-likeness (QED) is 0.0298. The summed E-state index contributed by atoms with van der Waals surface area (Å²) in [5.41, 5.74) is 16.4. The highest BCUT2D eigenvalue weighted by atomic mass is 32.2. The lowest BCUT2D eigenvalue weighted by molar-refractivity contribution is -0.142. The summed E-state index contributed by atoms with van der Waals surface area (Å²) in [5.74, 6) is -11.2. The zero-order valence-electron chi connectivity index (χ0n) is 37.2. The molecule has 0 unspecified atom stereocenters. The number of aliphatic hydroxyl groups excluding tert-OH is 2. The summed E-state index contributed by atoms with van der Waals surface area (Å²) in [6, 6.07) is -13.0. The topological polar surface area (TPSA) is 414 Å². The fourth-order valence-corrected chi connectivity index (χ4v) is 7.30. The van der Waals surface area contributed by atoms with Crippen LogP contribution in [0.5, 0.6) is 0 Å². The first-order valence-corrected chi connectivity index (χ1v) is 23.6. The number of thioether (sulfide) groups is 1. The van der Waals surface area contributed by atoms with Gasteiger partial charge in [0.2, 0.25) is 59.1 Å². The number of nitrogens with zero attached hydrogens (tertiary/aromatic N) is 1. The van der Waals surface area contributed by atoms with Gasteiger partial charge in [-0.05, 0) is 57.0 Å². The van der Waals surface area contributed by atoms with Crippen LogP contribution in [0.1, 0.15) is 65.7 Å². The van der Waals surface area contributed by atoms with Gasteiger partial charge in [-0.15, -0.1) is 0 Å². The third-order valence-electron chi connectivity index (χ3n) is 9.96. The Morgan fingerprint density at radius 2 is 1.24 bits per heavy atom. The van der Waals surface area contributed by atoms with Crippen molar-refractivity contribution in [2.75, 3.05) is 36.7 Å². The molecule has 0 spiro atoms. The molecule has 16 N–H and O–H groups in total. The van der Waals surface area contributed by atoms with Crippen LogP contribution in [-0.2, 0) is 52.7 Å². The number of likely N-dealkylation sites (tertiary alicyclic amines) is 1. The molecule has 0 aromatic heterocycles. The Morgan fingerprint density at radius 3 is 1.76 bits per heavy atom. The number of nitrogens with one attached hydrogen (secondary N) is 7. The maximum Gasteiger partial charge on any atom is 0.327 e. The average molecular weight is 996 g/mol. The number of carboxylic acids is 1. The number of amides is 10. The smallest absolute Gasteiger partial charge is 0.327 e. The number of primary amides is 2. The lowest BCUT2D eigenvalue weighted by Gasteiger charge is -2.30. The molecule has 0 saturated carbocycles. The van der Waals surface area contributed by atoms with E-state index in [0.717, 1.165) is 6.92 Å². The number of hydrogen-bond acceptors (Lipinski definition) is 17. The van der Waals surface area contributed by atoms with E-state index in [9.17, 15) is 68.1 Å². The average Bonchev–Trinajstić information content (AvgIpc) is 3.75. The standard InChI is InChI=1S/C38H65N11O14S3/c1-17(2)12-22(33(57)48-29(18(3)51)36(60)47-25(16-65)38(62)63)44-34(58)24(14-50)46-32(56)23(13-28(41)53)45-31(55)20(9-11-66-4)42-35(59)26-6-5-10-49(26)37(61)21(7-8-27(40)52)43-30(54)19(39)15-64/h17-26,29,50-51,64-65H,5-16,39H2,1-4H3,(H2,40,52)(H2,41,53)(H,42,59)(H,43,54)(H,44,58)(H,45,55)(H,46,56)(H,47,60)(H,48,57)(H,62,63)/t18-,19+,20+,21+,22+,23+,24+,25+,26+,29+/m1/s1. The molecule has 25 nitrogen and oxygen atoms in total. The van der Waals surface area contributed by atoms with Gasteiger partial charge in [0.1, 0.15) is 48.3 Å². The first-order valence-electron chi connectivity index (χ1n) is 20.9. The van der Waals surface area contributed by atoms with Crippen molar-refractivity contribution in [2.24, 2.45) is 23.1 Å². The van der Waals surface area contributed by atoms with Crippen molar-refractivity contribution in [3.8, 4) is 0 Å². The van der Waals surface area contributed by atoms with Gasteiger partial charge in [-0.25, -0.2) is 4.79 Å². The maximum atomic E-state index is 13.8. The van der Waals surface area contributed by atoms with E-state index in [2.05, 4.69) is 62.5 Å². The molecule has 0 aromatic carbocycles. The molecule has 0 aromatic rings. The first-order chi connectivity index (χ1) is 30.9. The number of aliphatic hydroxyl groups is 2. The van der Waals surface area contributed by atoms with E-state index in [0.29, 0.717) is 12.2 Å². The fourth-order valence-electron chi connectivity index (χ4n) is 6.41. The van der Waals surface area contributed by atoms with E-state index in [1.165, 1.54) is 16.7 Å². The molecule has 0 bridgehead atoms. The minimum atomic E-state index is -1.81. The summed E-state index contributed by atoms with van der Waals surface area (Å²) >= 11 is 9.17. The van der Waals surface area contributed by atoms with Crippen LogP contribution >= 0.6 is 37.0 Å². The summed E-state index contributed by atoms with van der Waals surface area (Å²) in [7, 11) is 0. The minimum Gasteiger partial charge on any atom is -0.480 e. The third kappa shape index (κ3) is 19.9. The molecule has 1 heterocycles. The van der Waals surface area contributed by atoms with Gasteiger partial charge in [-0.2, -0.15) is 37.0 Å². The van der Waals surface area contributed by atoms with Gasteiger partial charge in [-0.3, -0.25) is 47.9 Å². The fraction of sp³-hybridized carbons (Fsp3) is 0.711. The van der Waals surface area contributed by atoms with Crippen LogP contribution in [-0.4, -0.2) is 182 Å². The van der Waals surface area contributed by atoms with Crippen LogP contribution in [0.4, 0.5) is 0 Å². The summed E-state index contributed by atoms with van der Waals surface area (Å²) in [6.07, 6.45) is -0.704. The third-order valence-corrected chi connectivity index (χ3v) is 11.4. The number of thiol groups is 2. The Labute approximate surface area is 396 Å². The van der Waals surface area contributed by atoms with E-state index in [4.69, 9.17) is 17.2 Å². The monoisotopic (exact) mass is 995 g/mol. The van der Waals surface area contributed by atoms with Crippen LogP contribution < -0.4 is 54.4 Å². The number of aliphatic carboxylic acids is 1. The lowest BCUT2D eigenvalue weighted by atomic mass is 10.0. The molecule has 0 radical (unpaired) electrons. The Balaban J connectivity index is 3.28. The SMILES string of the molecule is CSCC[C@H](NC(=O)[C@@H]1CCCN1C(=O)[C@H](CCC(N)=O)NC(=O)[C@@H](N)CS)C(=O)N[C@@H](CC(N)=O)C(=O)N[C@@H](CO)C(=O)N[C@@H](CC(C)C)C(=O)N[C@H](C(=O)N[C@@H](CS)C(=O)O)[C@@H](C)O. The molecule has 1 aliphatic heterocycles. The Hall–Kier alpha value is -4.90. The summed E-state index contributed by atoms with van der Waals surface area (Å²) < 4.78 is 0. The maximum absolute atomic E-state index is 13.8. The van der Waals surface area contributed by atoms with Crippen LogP contribution in [0.25, 0.3) is 0 Å². The van der Waals surface area contributed by atoms with E-state index in [1.54, 1.807) is 20.1 Å². The number of rotatable bonds is 30. The Morgan fingerprint density at radius 1 is 0.697 bits per heavy atom. The molecule has 28 heteroatoms. The molecule has 10 atom stereocenters. The van der Waals surface area contributed by atoms with Gasteiger partial charge in [0, 0.05) is 24.5 Å². The normalized spacial score (nSPS) is 17.5. The molecule has 10 amide bonds. The molecular formula is C38H65N11O14S3. The molecule has 1 aliphatic rings. The van der Waals surface area contributed by atoms with Crippen molar-refractivity contribution < 1.29 is 68.1 Å². The lowest BCUT2D eigenvalue weighted by Crippen LogP contribution is -2.62. The van der Waals surface area contributed by atoms with Crippen molar-refractivity contribution in [3.63, 3.8) is 0 Å². The molecular weight excluding hydrogens is 931 g/mol. The number of nitrogens with two attached hydrogens (primary N) is 3.